The Labute approximate surface area is 122 Å². The van der Waals surface area contributed by atoms with Crippen molar-refractivity contribution in [3.05, 3.63) is 36.0 Å². The van der Waals surface area contributed by atoms with Crippen molar-refractivity contribution in [3.63, 3.8) is 0 Å². The fourth-order valence-corrected chi connectivity index (χ4v) is 3.10. The Morgan fingerprint density at radius 3 is 2.76 bits per heavy atom. The lowest BCUT2D eigenvalue weighted by Gasteiger charge is -2.32. The molecule has 21 heavy (non-hydrogen) atoms. The number of rotatable bonds is 2. The minimum atomic E-state index is -0.914. The molecule has 1 aromatic carbocycles. The summed E-state index contributed by atoms with van der Waals surface area (Å²) in [6, 6.07) is 6.98. The SMILES string of the molecule is Cn1cc(C(=O)N2CCCCC2C(=O)O)c2ccccc21. The van der Waals surface area contributed by atoms with Gasteiger partial charge in [-0.25, -0.2) is 4.79 Å². The number of nitrogens with zero attached hydrogens (tertiary/aromatic N) is 2. The Hall–Kier alpha value is -2.30. The van der Waals surface area contributed by atoms with Gasteiger partial charge in [-0.15, -0.1) is 0 Å². The summed E-state index contributed by atoms with van der Waals surface area (Å²) < 4.78 is 1.91. The van der Waals surface area contributed by atoms with E-state index in [1.165, 1.54) is 4.90 Å². The minimum Gasteiger partial charge on any atom is -0.480 e. The van der Waals surface area contributed by atoms with E-state index in [0.29, 0.717) is 18.5 Å². The van der Waals surface area contributed by atoms with E-state index in [1.807, 2.05) is 35.9 Å². The summed E-state index contributed by atoms with van der Waals surface area (Å²) in [6.07, 6.45) is 4.04. The Morgan fingerprint density at radius 2 is 2.00 bits per heavy atom. The van der Waals surface area contributed by atoms with Crippen LogP contribution in [0.3, 0.4) is 0 Å². The van der Waals surface area contributed by atoms with Crippen LogP contribution >= 0.6 is 0 Å². The number of benzene rings is 1. The van der Waals surface area contributed by atoms with Crippen molar-refractivity contribution in [1.82, 2.24) is 9.47 Å². The van der Waals surface area contributed by atoms with E-state index in [0.717, 1.165) is 23.7 Å². The van der Waals surface area contributed by atoms with Gasteiger partial charge in [0.1, 0.15) is 6.04 Å². The molecular weight excluding hydrogens is 268 g/mol. The molecular formula is C16H18N2O3. The number of aliphatic carboxylic acids is 1. The molecule has 1 fully saturated rings. The summed E-state index contributed by atoms with van der Waals surface area (Å²) >= 11 is 0. The van der Waals surface area contributed by atoms with E-state index < -0.39 is 12.0 Å². The third kappa shape index (κ3) is 2.28. The molecule has 1 unspecified atom stereocenters. The number of carbonyl (C=O) groups is 2. The zero-order valence-corrected chi connectivity index (χ0v) is 12.0. The first-order valence-corrected chi connectivity index (χ1v) is 7.17. The van der Waals surface area contributed by atoms with Crippen LogP contribution in [-0.2, 0) is 11.8 Å². The molecule has 1 aromatic heterocycles. The maximum atomic E-state index is 12.8. The molecule has 0 radical (unpaired) electrons. The monoisotopic (exact) mass is 286 g/mol. The molecule has 1 saturated heterocycles. The number of aromatic nitrogens is 1. The van der Waals surface area contributed by atoms with Gasteiger partial charge in [0, 0.05) is 30.7 Å². The molecule has 1 aliphatic heterocycles. The summed E-state index contributed by atoms with van der Waals surface area (Å²) in [5.41, 5.74) is 1.56. The molecule has 0 saturated carbocycles. The fraction of sp³-hybridized carbons (Fsp3) is 0.375. The number of fused-ring (bicyclic) bond motifs is 1. The average Bonchev–Trinajstić information content (AvgIpc) is 2.84. The third-order valence-electron chi connectivity index (χ3n) is 4.18. The first-order chi connectivity index (χ1) is 10.1. The smallest absolute Gasteiger partial charge is 0.326 e. The molecule has 1 atom stereocenters. The molecule has 5 nitrogen and oxygen atoms in total. The summed E-state index contributed by atoms with van der Waals surface area (Å²) in [6.45, 7) is 0.513. The average molecular weight is 286 g/mol. The third-order valence-corrected chi connectivity index (χ3v) is 4.18. The second kappa shape index (κ2) is 5.24. The van der Waals surface area contributed by atoms with Crippen LogP contribution < -0.4 is 0 Å². The maximum absolute atomic E-state index is 12.8. The molecule has 1 aliphatic rings. The number of carbonyl (C=O) groups excluding carboxylic acids is 1. The number of likely N-dealkylation sites (tertiary alicyclic amines) is 1. The van der Waals surface area contributed by atoms with Gasteiger partial charge < -0.3 is 14.6 Å². The normalized spacial score (nSPS) is 18.9. The Balaban J connectivity index is 2.01. The van der Waals surface area contributed by atoms with Crippen molar-refractivity contribution in [2.24, 2.45) is 7.05 Å². The van der Waals surface area contributed by atoms with E-state index in [9.17, 15) is 14.7 Å². The molecule has 0 aliphatic carbocycles. The number of hydrogen-bond acceptors (Lipinski definition) is 2. The van der Waals surface area contributed by atoms with Gasteiger partial charge in [0.2, 0.25) is 0 Å². The molecule has 2 heterocycles. The standard InChI is InChI=1S/C16H18N2O3/c1-17-10-12(11-6-2-3-7-13(11)17)15(19)18-9-5-4-8-14(18)16(20)21/h2-3,6-7,10,14H,4-5,8-9H2,1H3,(H,20,21). The first-order valence-electron chi connectivity index (χ1n) is 7.17. The van der Waals surface area contributed by atoms with Gasteiger partial charge >= 0.3 is 5.97 Å². The second-order valence-corrected chi connectivity index (χ2v) is 5.52. The molecule has 0 spiro atoms. The van der Waals surface area contributed by atoms with Crippen LogP contribution in [-0.4, -0.2) is 39.0 Å². The lowest BCUT2D eigenvalue weighted by Crippen LogP contribution is -2.47. The van der Waals surface area contributed by atoms with Crippen molar-refractivity contribution in [2.75, 3.05) is 6.54 Å². The molecule has 0 bridgehead atoms. The zero-order valence-electron chi connectivity index (χ0n) is 12.0. The Morgan fingerprint density at radius 1 is 1.24 bits per heavy atom. The molecule has 1 N–H and O–H groups in total. The second-order valence-electron chi connectivity index (χ2n) is 5.52. The van der Waals surface area contributed by atoms with Crippen molar-refractivity contribution >= 4 is 22.8 Å². The lowest BCUT2D eigenvalue weighted by atomic mass is 10.0. The number of piperidine rings is 1. The first kappa shape index (κ1) is 13.7. The minimum absolute atomic E-state index is 0.182. The predicted octanol–water partition coefficient (Wildman–Crippen LogP) is 2.26. The zero-order chi connectivity index (χ0) is 15.0. The Bertz CT molecular complexity index is 705. The van der Waals surface area contributed by atoms with Crippen molar-refractivity contribution in [2.45, 2.75) is 25.3 Å². The van der Waals surface area contributed by atoms with Gasteiger partial charge in [-0.3, -0.25) is 4.79 Å². The van der Waals surface area contributed by atoms with Crippen molar-refractivity contribution in [1.29, 1.82) is 0 Å². The highest BCUT2D eigenvalue weighted by atomic mass is 16.4. The quantitative estimate of drug-likeness (QED) is 0.921. The van der Waals surface area contributed by atoms with E-state index >= 15 is 0 Å². The number of hydrogen-bond donors (Lipinski definition) is 1. The van der Waals surface area contributed by atoms with E-state index in [4.69, 9.17) is 0 Å². The van der Waals surface area contributed by atoms with Gasteiger partial charge in [-0.05, 0) is 25.3 Å². The van der Waals surface area contributed by atoms with Crippen LogP contribution in [0.2, 0.25) is 0 Å². The number of amides is 1. The van der Waals surface area contributed by atoms with Gasteiger partial charge in [-0.1, -0.05) is 18.2 Å². The van der Waals surface area contributed by atoms with Crippen LogP contribution in [0.1, 0.15) is 29.6 Å². The summed E-state index contributed by atoms with van der Waals surface area (Å²) in [5, 5.41) is 10.2. The van der Waals surface area contributed by atoms with Gasteiger partial charge in [0.15, 0.2) is 0 Å². The summed E-state index contributed by atoms with van der Waals surface area (Å²) in [4.78, 5) is 25.7. The highest BCUT2D eigenvalue weighted by Crippen LogP contribution is 2.25. The summed E-state index contributed by atoms with van der Waals surface area (Å²) in [5.74, 6) is -1.10. The highest BCUT2D eigenvalue weighted by Gasteiger charge is 2.33. The van der Waals surface area contributed by atoms with E-state index in [2.05, 4.69) is 0 Å². The molecule has 2 aromatic rings. The predicted molar refractivity (Wildman–Crippen MR) is 79.2 cm³/mol. The molecule has 3 rings (SSSR count). The van der Waals surface area contributed by atoms with Crippen LogP contribution in [0, 0.1) is 0 Å². The van der Waals surface area contributed by atoms with Crippen LogP contribution in [0.4, 0.5) is 0 Å². The Kier molecular flexibility index (Phi) is 3.41. The largest absolute Gasteiger partial charge is 0.480 e. The fourth-order valence-electron chi connectivity index (χ4n) is 3.10. The lowest BCUT2D eigenvalue weighted by molar-refractivity contribution is -0.143. The molecule has 5 heteroatoms. The van der Waals surface area contributed by atoms with Gasteiger partial charge in [-0.2, -0.15) is 0 Å². The van der Waals surface area contributed by atoms with Crippen molar-refractivity contribution < 1.29 is 14.7 Å². The highest BCUT2D eigenvalue weighted by molar-refractivity contribution is 6.07. The van der Waals surface area contributed by atoms with Crippen molar-refractivity contribution in [3.8, 4) is 0 Å². The number of aryl methyl sites for hydroxylation is 1. The van der Waals surface area contributed by atoms with Crippen LogP contribution in [0.25, 0.3) is 10.9 Å². The summed E-state index contributed by atoms with van der Waals surface area (Å²) in [7, 11) is 1.89. The maximum Gasteiger partial charge on any atom is 0.326 e. The van der Waals surface area contributed by atoms with E-state index in [-0.39, 0.29) is 5.91 Å². The van der Waals surface area contributed by atoms with Gasteiger partial charge in [0.05, 0.1) is 5.56 Å². The van der Waals surface area contributed by atoms with Gasteiger partial charge in [0.25, 0.3) is 5.91 Å². The number of carboxylic acid groups (broad SMARTS) is 1. The topological polar surface area (TPSA) is 62.5 Å². The van der Waals surface area contributed by atoms with E-state index in [1.54, 1.807) is 6.20 Å². The number of carboxylic acids is 1. The molecule has 110 valence electrons. The van der Waals surface area contributed by atoms with Crippen LogP contribution in [0.5, 0.6) is 0 Å². The number of para-hydroxylation sites is 1. The molecule has 1 amide bonds. The van der Waals surface area contributed by atoms with Crippen LogP contribution in [0.15, 0.2) is 30.5 Å².